The number of hydrogen-bond donors (Lipinski definition) is 2. The highest BCUT2D eigenvalue weighted by Gasteiger charge is 2.14. The molecule has 2 aromatic heterocycles. The Kier molecular flexibility index (Phi) is 2.16. The number of nitrogen functional groups attached to an aromatic ring is 1. The third kappa shape index (κ3) is 1.27. The Morgan fingerprint density at radius 1 is 1.64 bits per heavy atom. The van der Waals surface area contributed by atoms with Gasteiger partial charge in [-0.1, -0.05) is 0 Å². The molecule has 2 rings (SSSR count). The van der Waals surface area contributed by atoms with E-state index in [1.165, 1.54) is 6.33 Å². The van der Waals surface area contributed by atoms with Gasteiger partial charge in [-0.2, -0.15) is 5.10 Å². The van der Waals surface area contributed by atoms with Crippen molar-refractivity contribution < 1.29 is 5.11 Å². The zero-order valence-corrected chi connectivity index (χ0v) is 9.06. The van der Waals surface area contributed by atoms with Crippen molar-refractivity contribution >= 4 is 27.3 Å². The Hall–Kier alpha value is -1.14. The van der Waals surface area contributed by atoms with Crippen molar-refractivity contribution in [3.05, 3.63) is 22.6 Å². The summed E-state index contributed by atoms with van der Waals surface area (Å²) in [6.07, 6.45) is 0.767. The second-order valence-corrected chi connectivity index (χ2v) is 3.85. The number of fused-ring (bicyclic) bond motifs is 1. The number of aliphatic hydroxyl groups excluding tert-OH is 1. The number of halogens is 1. The summed E-state index contributed by atoms with van der Waals surface area (Å²) < 4.78 is 2.36. The first-order valence-electron chi connectivity index (χ1n) is 4.07. The molecule has 0 spiro atoms. The van der Waals surface area contributed by atoms with Gasteiger partial charge in [0.05, 0.1) is 11.8 Å². The third-order valence-corrected chi connectivity index (χ3v) is 2.60. The quantitative estimate of drug-likeness (QED) is 0.802. The smallest absolute Gasteiger partial charge is 0.152 e. The SMILES string of the molecule is CC(O)c1cc(Br)c2c(N)ncnn12. The van der Waals surface area contributed by atoms with Gasteiger partial charge >= 0.3 is 0 Å². The third-order valence-electron chi connectivity index (χ3n) is 1.99. The summed E-state index contributed by atoms with van der Waals surface area (Å²) in [6, 6.07) is 1.78. The summed E-state index contributed by atoms with van der Waals surface area (Å²) in [7, 11) is 0. The zero-order chi connectivity index (χ0) is 10.3. The van der Waals surface area contributed by atoms with Gasteiger partial charge in [0.1, 0.15) is 11.8 Å². The summed E-state index contributed by atoms with van der Waals surface area (Å²) in [6.45, 7) is 1.67. The number of aromatic nitrogens is 3. The van der Waals surface area contributed by atoms with Gasteiger partial charge in [0, 0.05) is 4.47 Å². The molecule has 5 nitrogen and oxygen atoms in total. The molecule has 1 unspecified atom stereocenters. The molecule has 74 valence electrons. The predicted molar refractivity (Wildman–Crippen MR) is 55.7 cm³/mol. The van der Waals surface area contributed by atoms with Crippen molar-refractivity contribution in [3.63, 3.8) is 0 Å². The Morgan fingerprint density at radius 3 is 3.00 bits per heavy atom. The van der Waals surface area contributed by atoms with E-state index >= 15 is 0 Å². The topological polar surface area (TPSA) is 76.4 Å². The van der Waals surface area contributed by atoms with E-state index in [1.54, 1.807) is 17.5 Å². The lowest BCUT2D eigenvalue weighted by molar-refractivity contribution is 0.192. The highest BCUT2D eigenvalue weighted by Crippen LogP contribution is 2.27. The first-order chi connectivity index (χ1) is 6.61. The Bertz CT molecular complexity index is 479. The van der Waals surface area contributed by atoms with Gasteiger partial charge in [0.15, 0.2) is 5.82 Å². The monoisotopic (exact) mass is 256 g/mol. The van der Waals surface area contributed by atoms with Crippen molar-refractivity contribution in [1.29, 1.82) is 0 Å². The second kappa shape index (κ2) is 3.21. The molecule has 0 aliphatic rings. The van der Waals surface area contributed by atoms with Crippen LogP contribution in [0.2, 0.25) is 0 Å². The average Bonchev–Trinajstić information content (AvgIpc) is 2.45. The molecular formula is C8H9BrN4O. The van der Waals surface area contributed by atoms with E-state index in [0.29, 0.717) is 17.0 Å². The van der Waals surface area contributed by atoms with Crippen LogP contribution in [0.4, 0.5) is 5.82 Å². The van der Waals surface area contributed by atoms with Crippen molar-refractivity contribution in [2.75, 3.05) is 5.73 Å². The molecule has 0 aromatic carbocycles. The molecule has 2 heterocycles. The Balaban J connectivity index is 2.84. The fourth-order valence-corrected chi connectivity index (χ4v) is 1.95. The molecule has 3 N–H and O–H groups in total. The molecule has 0 aliphatic heterocycles. The van der Waals surface area contributed by atoms with Crippen LogP contribution in [0.25, 0.3) is 5.52 Å². The molecule has 1 atom stereocenters. The minimum absolute atomic E-state index is 0.388. The maximum Gasteiger partial charge on any atom is 0.152 e. The second-order valence-electron chi connectivity index (χ2n) is 3.00. The lowest BCUT2D eigenvalue weighted by atomic mass is 10.3. The van der Waals surface area contributed by atoms with E-state index in [9.17, 15) is 5.11 Å². The minimum atomic E-state index is -0.594. The van der Waals surface area contributed by atoms with Crippen LogP contribution in [-0.4, -0.2) is 19.7 Å². The summed E-state index contributed by atoms with van der Waals surface area (Å²) in [4.78, 5) is 3.88. The highest BCUT2D eigenvalue weighted by molar-refractivity contribution is 9.10. The van der Waals surface area contributed by atoms with E-state index in [-0.39, 0.29) is 0 Å². The van der Waals surface area contributed by atoms with Gasteiger partial charge in [-0.05, 0) is 28.9 Å². The largest absolute Gasteiger partial charge is 0.387 e. The minimum Gasteiger partial charge on any atom is -0.387 e. The number of anilines is 1. The van der Waals surface area contributed by atoms with Gasteiger partial charge in [-0.3, -0.25) is 0 Å². The molecule has 0 fully saturated rings. The number of rotatable bonds is 1. The highest BCUT2D eigenvalue weighted by atomic mass is 79.9. The van der Waals surface area contributed by atoms with Crippen LogP contribution in [0.15, 0.2) is 16.9 Å². The van der Waals surface area contributed by atoms with E-state index in [0.717, 1.165) is 4.47 Å². The number of nitrogens with zero attached hydrogens (tertiary/aromatic N) is 3. The number of nitrogens with two attached hydrogens (primary N) is 1. The normalized spacial score (nSPS) is 13.4. The van der Waals surface area contributed by atoms with Crippen LogP contribution >= 0.6 is 15.9 Å². The van der Waals surface area contributed by atoms with Crippen molar-refractivity contribution in [2.24, 2.45) is 0 Å². The first-order valence-corrected chi connectivity index (χ1v) is 4.86. The standard InChI is InChI=1S/C8H9BrN4O/c1-4(14)6-2-5(9)7-8(10)11-3-12-13(6)7/h2-4,14H,1H3,(H2,10,11,12). The average molecular weight is 257 g/mol. The fraction of sp³-hybridized carbons (Fsp3) is 0.250. The molecule has 0 amide bonds. The summed E-state index contributed by atoms with van der Waals surface area (Å²) >= 11 is 3.34. The molecule has 0 radical (unpaired) electrons. The first kappa shape index (κ1) is 9.42. The van der Waals surface area contributed by atoms with Crippen molar-refractivity contribution in [2.45, 2.75) is 13.0 Å². The van der Waals surface area contributed by atoms with Crippen LogP contribution in [-0.2, 0) is 0 Å². The van der Waals surface area contributed by atoms with Gasteiger partial charge in [0.25, 0.3) is 0 Å². The molecule has 14 heavy (non-hydrogen) atoms. The van der Waals surface area contributed by atoms with Crippen LogP contribution < -0.4 is 5.73 Å². The van der Waals surface area contributed by atoms with Crippen LogP contribution in [0.5, 0.6) is 0 Å². The van der Waals surface area contributed by atoms with Gasteiger partial charge < -0.3 is 10.8 Å². The van der Waals surface area contributed by atoms with Crippen LogP contribution in [0, 0.1) is 0 Å². The lowest BCUT2D eigenvalue weighted by Crippen LogP contribution is -2.03. The summed E-state index contributed by atoms with van der Waals surface area (Å²) in [5.74, 6) is 0.388. The van der Waals surface area contributed by atoms with E-state index in [1.807, 2.05) is 0 Å². The lowest BCUT2D eigenvalue weighted by Gasteiger charge is -2.03. The van der Waals surface area contributed by atoms with Crippen molar-refractivity contribution in [1.82, 2.24) is 14.6 Å². The van der Waals surface area contributed by atoms with Crippen LogP contribution in [0.3, 0.4) is 0 Å². The van der Waals surface area contributed by atoms with Gasteiger partial charge in [0.2, 0.25) is 0 Å². The maximum atomic E-state index is 9.48. The summed E-state index contributed by atoms with van der Waals surface area (Å²) in [5, 5.41) is 13.5. The molecule has 0 bridgehead atoms. The van der Waals surface area contributed by atoms with E-state index in [2.05, 4.69) is 26.0 Å². The zero-order valence-electron chi connectivity index (χ0n) is 7.48. The predicted octanol–water partition coefficient (Wildman–Crippen LogP) is 1.13. The Morgan fingerprint density at radius 2 is 2.36 bits per heavy atom. The summed E-state index contributed by atoms with van der Waals surface area (Å²) in [5.41, 5.74) is 7.05. The fourth-order valence-electron chi connectivity index (χ4n) is 1.34. The molecular weight excluding hydrogens is 248 g/mol. The molecule has 0 aliphatic carbocycles. The number of hydrogen-bond acceptors (Lipinski definition) is 4. The van der Waals surface area contributed by atoms with Gasteiger partial charge in [-0.15, -0.1) is 0 Å². The van der Waals surface area contributed by atoms with Gasteiger partial charge in [-0.25, -0.2) is 9.50 Å². The van der Waals surface area contributed by atoms with E-state index in [4.69, 9.17) is 5.73 Å². The molecule has 6 heteroatoms. The molecule has 2 aromatic rings. The van der Waals surface area contributed by atoms with Crippen molar-refractivity contribution in [3.8, 4) is 0 Å². The molecule has 0 saturated heterocycles. The van der Waals surface area contributed by atoms with E-state index < -0.39 is 6.10 Å². The Labute approximate surface area is 88.7 Å². The number of aliphatic hydroxyl groups is 1. The molecule has 0 saturated carbocycles. The maximum absolute atomic E-state index is 9.48. The van der Waals surface area contributed by atoms with Crippen LogP contribution in [0.1, 0.15) is 18.7 Å².